The fourth-order valence-electron chi connectivity index (χ4n) is 2.50. The van der Waals surface area contributed by atoms with Crippen LogP contribution in [0.1, 0.15) is 41.5 Å². The molecular formula is C14H30N2S. The molecule has 0 aromatic heterocycles. The van der Waals surface area contributed by atoms with Crippen molar-refractivity contribution in [3.63, 3.8) is 0 Å². The summed E-state index contributed by atoms with van der Waals surface area (Å²) in [6.45, 7) is 17.6. The molecule has 3 heteroatoms. The predicted molar refractivity (Wildman–Crippen MR) is 79.9 cm³/mol. The minimum Gasteiger partial charge on any atom is -0.314 e. The molecule has 102 valence electrons. The molecule has 0 aromatic rings. The molecule has 4 atom stereocenters. The summed E-state index contributed by atoms with van der Waals surface area (Å²) >= 11 is 2.14. The van der Waals surface area contributed by atoms with Crippen LogP contribution in [0.25, 0.3) is 0 Å². The van der Waals surface area contributed by atoms with E-state index in [9.17, 15) is 0 Å². The van der Waals surface area contributed by atoms with E-state index in [2.05, 4.69) is 63.5 Å². The molecular weight excluding hydrogens is 228 g/mol. The summed E-state index contributed by atoms with van der Waals surface area (Å²) in [4.78, 5) is 2.68. The van der Waals surface area contributed by atoms with Crippen molar-refractivity contribution < 1.29 is 0 Å². The van der Waals surface area contributed by atoms with Crippen LogP contribution in [-0.2, 0) is 0 Å². The maximum atomic E-state index is 3.56. The standard InChI is InChI=1S/C14H30N2S/c1-10(2)15-7-11(3)14(6)16-8-12(4)17-13(5)9-16/h10-15H,7-9H2,1-6H3. The van der Waals surface area contributed by atoms with E-state index in [0.717, 1.165) is 23.0 Å². The van der Waals surface area contributed by atoms with Crippen LogP contribution in [0.4, 0.5) is 0 Å². The van der Waals surface area contributed by atoms with Gasteiger partial charge in [-0.05, 0) is 19.4 Å². The van der Waals surface area contributed by atoms with Gasteiger partial charge in [-0.1, -0.05) is 34.6 Å². The Morgan fingerprint density at radius 1 is 1.12 bits per heavy atom. The van der Waals surface area contributed by atoms with Gasteiger partial charge in [0.05, 0.1) is 0 Å². The number of nitrogens with one attached hydrogen (secondary N) is 1. The van der Waals surface area contributed by atoms with Gasteiger partial charge in [-0.25, -0.2) is 0 Å². The van der Waals surface area contributed by atoms with E-state index in [0.29, 0.717) is 12.1 Å². The number of thioether (sulfide) groups is 1. The lowest BCUT2D eigenvalue weighted by Gasteiger charge is -2.41. The molecule has 4 unspecified atom stereocenters. The van der Waals surface area contributed by atoms with Gasteiger partial charge in [-0.3, -0.25) is 4.90 Å². The molecule has 0 aliphatic carbocycles. The first-order valence-electron chi connectivity index (χ1n) is 7.03. The van der Waals surface area contributed by atoms with E-state index >= 15 is 0 Å². The van der Waals surface area contributed by atoms with Crippen LogP contribution in [-0.4, -0.2) is 47.1 Å². The Kier molecular flexibility index (Phi) is 6.32. The summed E-state index contributed by atoms with van der Waals surface area (Å²) in [5.41, 5.74) is 0. The van der Waals surface area contributed by atoms with Crippen LogP contribution < -0.4 is 5.32 Å². The van der Waals surface area contributed by atoms with E-state index in [1.807, 2.05) is 0 Å². The van der Waals surface area contributed by atoms with Crippen molar-refractivity contribution in [3.8, 4) is 0 Å². The third kappa shape index (κ3) is 5.19. The summed E-state index contributed by atoms with van der Waals surface area (Å²) in [7, 11) is 0. The first-order valence-corrected chi connectivity index (χ1v) is 7.97. The van der Waals surface area contributed by atoms with E-state index in [1.54, 1.807) is 0 Å². The Labute approximate surface area is 112 Å². The lowest BCUT2D eigenvalue weighted by Crippen LogP contribution is -2.49. The Morgan fingerprint density at radius 2 is 1.65 bits per heavy atom. The van der Waals surface area contributed by atoms with Crippen LogP contribution in [0.15, 0.2) is 0 Å². The van der Waals surface area contributed by atoms with Gasteiger partial charge < -0.3 is 5.32 Å². The van der Waals surface area contributed by atoms with Gasteiger partial charge in [0.1, 0.15) is 0 Å². The second kappa shape index (κ2) is 7.01. The van der Waals surface area contributed by atoms with Crippen LogP contribution >= 0.6 is 11.8 Å². The summed E-state index contributed by atoms with van der Waals surface area (Å²) < 4.78 is 0. The third-order valence-electron chi connectivity index (χ3n) is 3.70. The molecule has 1 aliphatic rings. The summed E-state index contributed by atoms with van der Waals surface area (Å²) in [5.74, 6) is 0.722. The fourth-order valence-corrected chi connectivity index (χ4v) is 3.85. The number of rotatable bonds is 5. The van der Waals surface area contributed by atoms with E-state index in [-0.39, 0.29) is 0 Å². The first kappa shape index (κ1) is 15.3. The quantitative estimate of drug-likeness (QED) is 0.816. The smallest absolute Gasteiger partial charge is 0.0149 e. The molecule has 0 saturated carbocycles. The number of nitrogens with zero attached hydrogens (tertiary/aromatic N) is 1. The Balaban J connectivity index is 2.42. The molecule has 1 rings (SSSR count). The molecule has 1 saturated heterocycles. The number of hydrogen-bond donors (Lipinski definition) is 1. The largest absolute Gasteiger partial charge is 0.314 e. The average molecular weight is 258 g/mol. The van der Waals surface area contributed by atoms with Crippen LogP contribution in [0.2, 0.25) is 0 Å². The molecule has 0 bridgehead atoms. The van der Waals surface area contributed by atoms with Gasteiger partial charge in [0.2, 0.25) is 0 Å². The van der Waals surface area contributed by atoms with Crippen molar-refractivity contribution in [3.05, 3.63) is 0 Å². The van der Waals surface area contributed by atoms with Gasteiger partial charge >= 0.3 is 0 Å². The summed E-state index contributed by atoms with van der Waals surface area (Å²) in [5, 5.41) is 5.12. The molecule has 1 aliphatic heterocycles. The SMILES string of the molecule is CC(C)NCC(C)C(C)N1CC(C)SC(C)C1. The molecule has 1 heterocycles. The van der Waals surface area contributed by atoms with Crippen molar-refractivity contribution in [1.82, 2.24) is 10.2 Å². The molecule has 0 aromatic carbocycles. The summed E-state index contributed by atoms with van der Waals surface area (Å²) in [6.07, 6.45) is 0. The second-order valence-electron chi connectivity index (χ2n) is 5.99. The summed E-state index contributed by atoms with van der Waals surface area (Å²) in [6, 6.07) is 1.28. The molecule has 0 spiro atoms. The van der Waals surface area contributed by atoms with Gasteiger partial charge in [-0.15, -0.1) is 0 Å². The van der Waals surface area contributed by atoms with Gasteiger partial charge in [0.15, 0.2) is 0 Å². The highest BCUT2D eigenvalue weighted by Gasteiger charge is 2.28. The minimum atomic E-state index is 0.597. The molecule has 1 N–H and O–H groups in total. The maximum Gasteiger partial charge on any atom is 0.0149 e. The van der Waals surface area contributed by atoms with Gasteiger partial charge in [0.25, 0.3) is 0 Å². The van der Waals surface area contributed by atoms with Crippen LogP contribution in [0, 0.1) is 5.92 Å². The Bertz CT molecular complexity index is 210. The van der Waals surface area contributed by atoms with Crippen molar-refractivity contribution in [2.75, 3.05) is 19.6 Å². The average Bonchev–Trinajstić information content (AvgIpc) is 2.23. The highest BCUT2D eigenvalue weighted by molar-refractivity contribution is 8.00. The third-order valence-corrected chi connectivity index (χ3v) is 4.92. The Hall–Kier alpha value is 0.270. The van der Waals surface area contributed by atoms with Crippen molar-refractivity contribution in [2.24, 2.45) is 5.92 Å². The van der Waals surface area contributed by atoms with E-state index in [1.165, 1.54) is 13.1 Å². The van der Waals surface area contributed by atoms with Crippen LogP contribution in [0.3, 0.4) is 0 Å². The normalized spacial score (nSPS) is 30.5. The monoisotopic (exact) mass is 258 g/mol. The molecule has 0 radical (unpaired) electrons. The van der Waals surface area contributed by atoms with Crippen LogP contribution in [0.5, 0.6) is 0 Å². The van der Waals surface area contributed by atoms with Crippen molar-refractivity contribution in [1.29, 1.82) is 0 Å². The molecule has 2 nitrogen and oxygen atoms in total. The highest BCUT2D eigenvalue weighted by Crippen LogP contribution is 2.27. The fraction of sp³-hybridized carbons (Fsp3) is 1.00. The van der Waals surface area contributed by atoms with Crippen molar-refractivity contribution >= 4 is 11.8 Å². The lowest BCUT2D eigenvalue weighted by atomic mass is 10.0. The highest BCUT2D eigenvalue weighted by atomic mass is 32.2. The van der Waals surface area contributed by atoms with E-state index < -0.39 is 0 Å². The molecule has 17 heavy (non-hydrogen) atoms. The van der Waals surface area contributed by atoms with Gasteiger partial charge in [-0.2, -0.15) is 11.8 Å². The topological polar surface area (TPSA) is 15.3 Å². The molecule has 0 amide bonds. The first-order chi connectivity index (χ1) is 7.90. The zero-order valence-electron chi connectivity index (χ0n) is 12.4. The zero-order chi connectivity index (χ0) is 13.0. The Morgan fingerprint density at radius 3 is 2.12 bits per heavy atom. The number of hydrogen-bond acceptors (Lipinski definition) is 3. The predicted octanol–water partition coefficient (Wildman–Crippen LogP) is 2.83. The molecule has 1 fully saturated rings. The zero-order valence-corrected chi connectivity index (χ0v) is 13.2. The lowest BCUT2D eigenvalue weighted by molar-refractivity contribution is 0.156. The maximum absolute atomic E-state index is 3.56. The van der Waals surface area contributed by atoms with E-state index in [4.69, 9.17) is 0 Å². The second-order valence-corrected chi connectivity index (χ2v) is 7.87. The van der Waals surface area contributed by atoms with Crippen molar-refractivity contribution in [2.45, 2.75) is 64.1 Å². The minimum absolute atomic E-state index is 0.597. The van der Waals surface area contributed by atoms with Gasteiger partial charge in [0, 0.05) is 35.7 Å².